The lowest BCUT2D eigenvalue weighted by atomic mass is 10.0. The number of hydrogen-bond acceptors (Lipinski definition) is 3. The number of H-pyrrole nitrogens is 1. The molecule has 1 amide bonds. The van der Waals surface area contributed by atoms with E-state index in [1.165, 1.54) is 0 Å². The van der Waals surface area contributed by atoms with Crippen LogP contribution in [-0.2, 0) is 6.54 Å². The van der Waals surface area contributed by atoms with Crippen LogP contribution in [0.1, 0.15) is 75.4 Å². The molecule has 2 N–H and O–H groups in total. The van der Waals surface area contributed by atoms with Gasteiger partial charge in [0.25, 0.3) is 5.91 Å². The smallest absolute Gasteiger partial charge is 0.271 e. The van der Waals surface area contributed by atoms with Crippen LogP contribution >= 0.6 is 0 Å². The second kappa shape index (κ2) is 8.13. The fourth-order valence-electron chi connectivity index (χ4n) is 2.65. The second-order valence-electron chi connectivity index (χ2n) is 7.19. The van der Waals surface area contributed by atoms with Crippen molar-refractivity contribution >= 4 is 5.91 Å². The summed E-state index contributed by atoms with van der Waals surface area (Å²) >= 11 is 0. The zero-order valence-electron chi connectivity index (χ0n) is 15.3. The van der Waals surface area contributed by atoms with Crippen molar-refractivity contribution in [1.82, 2.24) is 25.1 Å². The fraction of sp³-hybridized carbons (Fsp3) is 0.611. The zero-order chi connectivity index (χ0) is 17.7. The van der Waals surface area contributed by atoms with Crippen molar-refractivity contribution in [2.45, 2.75) is 66.0 Å². The van der Waals surface area contributed by atoms with Gasteiger partial charge in [-0.2, -0.15) is 5.10 Å². The van der Waals surface area contributed by atoms with Gasteiger partial charge in [0, 0.05) is 24.4 Å². The van der Waals surface area contributed by atoms with Gasteiger partial charge in [-0.25, -0.2) is 4.98 Å². The minimum Gasteiger partial charge on any atom is -0.348 e. The third-order valence-electron chi connectivity index (χ3n) is 4.02. The fourth-order valence-corrected chi connectivity index (χ4v) is 2.65. The molecule has 0 bridgehead atoms. The van der Waals surface area contributed by atoms with Gasteiger partial charge in [-0.15, -0.1) is 0 Å². The van der Waals surface area contributed by atoms with Crippen molar-refractivity contribution in [2.75, 3.05) is 0 Å². The molecule has 132 valence electrons. The van der Waals surface area contributed by atoms with Gasteiger partial charge in [-0.05, 0) is 31.7 Å². The molecule has 0 radical (unpaired) electrons. The summed E-state index contributed by atoms with van der Waals surface area (Å²) in [6.07, 6.45) is 5.83. The lowest BCUT2D eigenvalue weighted by Gasteiger charge is -2.14. The van der Waals surface area contributed by atoms with Crippen LogP contribution in [0.25, 0.3) is 0 Å². The van der Waals surface area contributed by atoms with Crippen molar-refractivity contribution in [3.63, 3.8) is 0 Å². The monoisotopic (exact) mass is 331 g/mol. The van der Waals surface area contributed by atoms with Gasteiger partial charge in [0.15, 0.2) is 0 Å². The average molecular weight is 331 g/mol. The van der Waals surface area contributed by atoms with E-state index in [2.05, 4.69) is 52.8 Å². The van der Waals surface area contributed by atoms with E-state index < -0.39 is 0 Å². The molecule has 0 spiro atoms. The summed E-state index contributed by atoms with van der Waals surface area (Å²) in [6, 6.07) is 1.97. The van der Waals surface area contributed by atoms with E-state index in [-0.39, 0.29) is 11.9 Å². The van der Waals surface area contributed by atoms with Crippen LogP contribution in [-0.4, -0.2) is 31.7 Å². The zero-order valence-corrected chi connectivity index (χ0v) is 15.3. The van der Waals surface area contributed by atoms with Crippen LogP contribution in [0.15, 0.2) is 18.5 Å². The maximum absolute atomic E-state index is 12.3. The van der Waals surface area contributed by atoms with Gasteiger partial charge in [0.1, 0.15) is 11.5 Å². The third kappa shape index (κ3) is 4.94. The number of carbonyl (C=O) groups excluding carboxylic acids is 1. The minimum absolute atomic E-state index is 0.122. The quantitative estimate of drug-likeness (QED) is 0.779. The molecule has 0 aliphatic heterocycles. The van der Waals surface area contributed by atoms with Crippen molar-refractivity contribution in [1.29, 1.82) is 0 Å². The number of carbonyl (C=O) groups is 1. The Kier molecular flexibility index (Phi) is 6.17. The van der Waals surface area contributed by atoms with E-state index in [4.69, 9.17) is 0 Å². The van der Waals surface area contributed by atoms with Crippen LogP contribution in [0, 0.1) is 5.92 Å². The molecular formula is C18H29N5O. The summed E-state index contributed by atoms with van der Waals surface area (Å²) in [4.78, 5) is 16.7. The summed E-state index contributed by atoms with van der Waals surface area (Å²) in [5, 5.41) is 10.1. The number of nitrogens with zero attached hydrogens (tertiary/aromatic N) is 3. The van der Waals surface area contributed by atoms with E-state index in [0.29, 0.717) is 24.1 Å². The molecule has 0 fully saturated rings. The molecular weight excluding hydrogens is 302 g/mol. The first-order valence-corrected chi connectivity index (χ1v) is 8.73. The number of amides is 1. The summed E-state index contributed by atoms with van der Waals surface area (Å²) < 4.78 is 2.07. The normalized spacial score (nSPS) is 12.8. The molecule has 1 atom stereocenters. The maximum Gasteiger partial charge on any atom is 0.271 e. The Morgan fingerprint density at radius 1 is 1.25 bits per heavy atom. The lowest BCUT2D eigenvalue weighted by molar-refractivity contribution is 0.0932. The van der Waals surface area contributed by atoms with Gasteiger partial charge in [-0.1, -0.05) is 27.7 Å². The predicted molar refractivity (Wildman–Crippen MR) is 95.0 cm³/mol. The number of nitrogens with one attached hydrogen (secondary N) is 2. The number of aromatic nitrogens is 4. The first kappa shape index (κ1) is 18.2. The van der Waals surface area contributed by atoms with E-state index >= 15 is 0 Å². The average Bonchev–Trinajstić information content (AvgIpc) is 3.15. The molecule has 2 heterocycles. The largest absolute Gasteiger partial charge is 0.348 e. The minimum atomic E-state index is -0.122. The number of hydrogen-bond donors (Lipinski definition) is 2. The van der Waals surface area contributed by atoms with E-state index in [9.17, 15) is 4.79 Å². The molecule has 0 unspecified atom stereocenters. The van der Waals surface area contributed by atoms with Gasteiger partial charge >= 0.3 is 0 Å². The van der Waals surface area contributed by atoms with Crippen molar-refractivity contribution in [2.24, 2.45) is 5.92 Å². The molecule has 0 saturated heterocycles. The lowest BCUT2D eigenvalue weighted by Crippen LogP contribution is -2.33. The summed E-state index contributed by atoms with van der Waals surface area (Å²) in [6.45, 7) is 11.3. The standard InChI is InChI=1S/C18H29N5O/c1-12(2)6-7-14(5)20-18(24)16-10-15(21-22-16)11-23-9-8-19-17(23)13(3)4/h8-10,12-14H,6-7,11H2,1-5H3,(H,20,24)(H,21,22)/t14-/m0/s1. The Labute approximate surface area is 144 Å². The van der Waals surface area contributed by atoms with Crippen LogP contribution in [0.3, 0.4) is 0 Å². The van der Waals surface area contributed by atoms with Gasteiger partial charge in [0.05, 0.1) is 12.2 Å². The van der Waals surface area contributed by atoms with Crippen molar-refractivity contribution in [3.05, 3.63) is 35.7 Å². The highest BCUT2D eigenvalue weighted by atomic mass is 16.2. The van der Waals surface area contributed by atoms with E-state index in [1.54, 1.807) is 6.20 Å². The molecule has 0 aliphatic rings. The Hall–Kier alpha value is -2.11. The number of imidazole rings is 1. The molecule has 6 heteroatoms. The molecule has 0 saturated carbocycles. The summed E-state index contributed by atoms with van der Waals surface area (Å²) in [7, 11) is 0. The summed E-state index contributed by atoms with van der Waals surface area (Å²) in [5.74, 6) is 1.90. The first-order chi connectivity index (χ1) is 11.4. The van der Waals surface area contributed by atoms with Crippen LogP contribution < -0.4 is 5.32 Å². The Bertz CT molecular complexity index is 656. The Balaban J connectivity index is 1.95. The maximum atomic E-state index is 12.3. The van der Waals surface area contributed by atoms with Gasteiger partial charge in [0.2, 0.25) is 0 Å². The molecule has 0 aromatic carbocycles. The number of rotatable bonds is 8. The van der Waals surface area contributed by atoms with Crippen molar-refractivity contribution in [3.8, 4) is 0 Å². The predicted octanol–water partition coefficient (Wildman–Crippen LogP) is 3.33. The van der Waals surface area contributed by atoms with E-state index in [0.717, 1.165) is 24.4 Å². The molecule has 2 rings (SSSR count). The van der Waals surface area contributed by atoms with E-state index in [1.807, 2.05) is 19.2 Å². The summed E-state index contributed by atoms with van der Waals surface area (Å²) in [5.41, 5.74) is 1.34. The molecule has 2 aromatic heterocycles. The SMILES string of the molecule is CC(C)CC[C@H](C)NC(=O)c1cc(Cn2ccnc2C(C)C)[nH]n1. The van der Waals surface area contributed by atoms with Crippen molar-refractivity contribution < 1.29 is 4.79 Å². The second-order valence-corrected chi connectivity index (χ2v) is 7.19. The molecule has 0 aliphatic carbocycles. The Morgan fingerprint density at radius 2 is 2.00 bits per heavy atom. The molecule has 24 heavy (non-hydrogen) atoms. The van der Waals surface area contributed by atoms with Crippen LogP contribution in [0.5, 0.6) is 0 Å². The topological polar surface area (TPSA) is 75.6 Å². The van der Waals surface area contributed by atoms with Gasteiger partial charge in [-0.3, -0.25) is 9.89 Å². The third-order valence-corrected chi connectivity index (χ3v) is 4.02. The van der Waals surface area contributed by atoms with Crippen LogP contribution in [0.2, 0.25) is 0 Å². The number of aromatic amines is 1. The van der Waals surface area contributed by atoms with Gasteiger partial charge < -0.3 is 9.88 Å². The highest BCUT2D eigenvalue weighted by Crippen LogP contribution is 2.13. The Morgan fingerprint density at radius 3 is 2.67 bits per heavy atom. The highest BCUT2D eigenvalue weighted by molar-refractivity contribution is 5.92. The van der Waals surface area contributed by atoms with Crippen LogP contribution in [0.4, 0.5) is 0 Å². The first-order valence-electron chi connectivity index (χ1n) is 8.73. The highest BCUT2D eigenvalue weighted by Gasteiger charge is 2.15. The molecule has 6 nitrogen and oxygen atoms in total. The molecule has 2 aromatic rings.